The largest absolute Gasteiger partial charge is 0.385 e. The second-order valence-corrected chi connectivity index (χ2v) is 6.32. The van der Waals surface area contributed by atoms with Crippen molar-refractivity contribution in [3.8, 4) is 0 Å². The van der Waals surface area contributed by atoms with Crippen molar-refractivity contribution in [2.45, 2.75) is 58.2 Å². The summed E-state index contributed by atoms with van der Waals surface area (Å²) >= 11 is 0. The number of rotatable bonds is 8. The Morgan fingerprint density at radius 3 is 2.95 bits per heavy atom. The first-order chi connectivity index (χ1) is 10.7. The number of nitrogens with one attached hydrogen (secondary N) is 1. The molecular formula is C17H26N4O. The molecule has 3 rings (SSSR count). The zero-order chi connectivity index (χ0) is 15.5. The molecule has 2 heterocycles. The van der Waals surface area contributed by atoms with Crippen molar-refractivity contribution in [3.05, 3.63) is 23.7 Å². The van der Waals surface area contributed by atoms with Crippen LogP contribution in [0.3, 0.4) is 0 Å². The molecule has 1 unspecified atom stereocenters. The zero-order valence-electron chi connectivity index (χ0n) is 13.8. The predicted molar refractivity (Wildman–Crippen MR) is 87.9 cm³/mol. The molecule has 5 nitrogen and oxygen atoms in total. The van der Waals surface area contributed by atoms with E-state index in [4.69, 9.17) is 9.72 Å². The minimum absolute atomic E-state index is 0.326. The van der Waals surface area contributed by atoms with Crippen molar-refractivity contribution >= 4 is 11.2 Å². The number of aryl methyl sites for hydroxylation is 2. The number of ether oxygens (including phenoxy) is 1. The number of hydrogen-bond acceptors (Lipinski definition) is 4. The van der Waals surface area contributed by atoms with Crippen LogP contribution < -0.4 is 5.32 Å². The van der Waals surface area contributed by atoms with E-state index in [2.05, 4.69) is 28.0 Å². The molecule has 2 aromatic heterocycles. The molecule has 0 bridgehead atoms. The molecule has 1 aliphatic carbocycles. The standard InChI is InChI=1S/C17H26N4O/c1-12-10-18-16-15(13(2)20-14-6-7-14)11-21(17(16)19-12)8-4-5-9-22-3/h10-11,13-14,20H,4-9H2,1-3H3. The van der Waals surface area contributed by atoms with E-state index in [0.29, 0.717) is 12.1 Å². The molecule has 5 heteroatoms. The summed E-state index contributed by atoms with van der Waals surface area (Å²) in [6.07, 6.45) is 8.86. The highest BCUT2D eigenvalue weighted by Gasteiger charge is 2.25. The van der Waals surface area contributed by atoms with Crippen LogP contribution in [0.2, 0.25) is 0 Å². The summed E-state index contributed by atoms with van der Waals surface area (Å²) in [6.45, 7) is 6.01. The van der Waals surface area contributed by atoms with Crippen molar-refractivity contribution in [2.75, 3.05) is 13.7 Å². The summed E-state index contributed by atoms with van der Waals surface area (Å²) in [4.78, 5) is 9.36. The average molecular weight is 302 g/mol. The number of hydrogen-bond donors (Lipinski definition) is 1. The molecule has 120 valence electrons. The van der Waals surface area contributed by atoms with Gasteiger partial charge in [-0.1, -0.05) is 0 Å². The Labute approximate surface area is 132 Å². The molecule has 0 amide bonds. The van der Waals surface area contributed by atoms with Gasteiger partial charge in [0.15, 0.2) is 5.65 Å². The van der Waals surface area contributed by atoms with Crippen LogP contribution >= 0.6 is 0 Å². The van der Waals surface area contributed by atoms with Gasteiger partial charge in [-0.05, 0) is 39.5 Å². The fourth-order valence-corrected chi connectivity index (χ4v) is 2.87. The lowest BCUT2D eigenvalue weighted by molar-refractivity contribution is 0.191. The van der Waals surface area contributed by atoms with Gasteiger partial charge in [-0.2, -0.15) is 0 Å². The summed E-state index contributed by atoms with van der Waals surface area (Å²) in [5, 5.41) is 3.67. The third-order valence-electron chi connectivity index (χ3n) is 4.24. The van der Waals surface area contributed by atoms with Gasteiger partial charge in [0.05, 0.1) is 5.69 Å². The van der Waals surface area contributed by atoms with Gasteiger partial charge in [-0.15, -0.1) is 0 Å². The second kappa shape index (κ2) is 6.75. The monoisotopic (exact) mass is 302 g/mol. The lowest BCUT2D eigenvalue weighted by Crippen LogP contribution is -2.20. The molecule has 1 fully saturated rings. The van der Waals surface area contributed by atoms with Gasteiger partial charge in [0.25, 0.3) is 0 Å². The van der Waals surface area contributed by atoms with E-state index in [1.165, 1.54) is 18.4 Å². The van der Waals surface area contributed by atoms with Gasteiger partial charge in [0.1, 0.15) is 5.52 Å². The van der Waals surface area contributed by atoms with Gasteiger partial charge < -0.3 is 14.6 Å². The number of fused-ring (bicyclic) bond motifs is 1. The minimum Gasteiger partial charge on any atom is -0.385 e. The quantitative estimate of drug-likeness (QED) is 0.762. The fraction of sp³-hybridized carbons (Fsp3) is 0.647. The lowest BCUT2D eigenvalue weighted by Gasteiger charge is -2.11. The van der Waals surface area contributed by atoms with Crippen LogP contribution in [0.5, 0.6) is 0 Å². The van der Waals surface area contributed by atoms with Gasteiger partial charge in [-0.25, -0.2) is 4.98 Å². The van der Waals surface area contributed by atoms with Crippen molar-refractivity contribution in [1.82, 2.24) is 19.9 Å². The summed E-state index contributed by atoms with van der Waals surface area (Å²) in [5.74, 6) is 0. The fourth-order valence-electron chi connectivity index (χ4n) is 2.87. The summed E-state index contributed by atoms with van der Waals surface area (Å²) in [7, 11) is 1.75. The summed E-state index contributed by atoms with van der Waals surface area (Å²) < 4.78 is 7.39. The maximum Gasteiger partial charge on any atom is 0.159 e. The normalized spacial score (nSPS) is 16.3. The molecule has 0 aliphatic heterocycles. The lowest BCUT2D eigenvalue weighted by atomic mass is 10.1. The van der Waals surface area contributed by atoms with E-state index in [1.54, 1.807) is 7.11 Å². The number of nitrogens with zero attached hydrogens (tertiary/aromatic N) is 3. The highest BCUT2D eigenvalue weighted by Crippen LogP contribution is 2.28. The van der Waals surface area contributed by atoms with Gasteiger partial charge in [-0.3, -0.25) is 4.98 Å². The Balaban J connectivity index is 1.84. The van der Waals surface area contributed by atoms with Crippen LogP contribution in [0.15, 0.2) is 12.4 Å². The first kappa shape index (κ1) is 15.4. The molecule has 1 aliphatic rings. The van der Waals surface area contributed by atoms with Crippen molar-refractivity contribution in [1.29, 1.82) is 0 Å². The third kappa shape index (κ3) is 3.47. The Kier molecular flexibility index (Phi) is 4.74. The molecule has 2 aromatic rings. The highest BCUT2D eigenvalue weighted by molar-refractivity contribution is 5.76. The van der Waals surface area contributed by atoms with Crippen LogP contribution in [-0.2, 0) is 11.3 Å². The van der Waals surface area contributed by atoms with E-state index in [1.807, 2.05) is 13.1 Å². The molecule has 0 spiro atoms. The first-order valence-corrected chi connectivity index (χ1v) is 8.26. The Morgan fingerprint density at radius 2 is 2.23 bits per heavy atom. The van der Waals surface area contributed by atoms with Crippen molar-refractivity contribution in [3.63, 3.8) is 0 Å². The molecule has 0 radical (unpaired) electrons. The van der Waals surface area contributed by atoms with E-state index in [0.717, 1.165) is 42.9 Å². The summed E-state index contributed by atoms with van der Waals surface area (Å²) in [5.41, 5.74) is 4.29. The third-order valence-corrected chi connectivity index (χ3v) is 4.24. The van der Waals surface area contributed by atoms with Crippen LogP contribution in [0.1, 0.15) is 49.9 Å². The van der Waals surface area contributed by atoms with Crippen LogP contribution in [-0.4, -0.2) is 34.3 Å². The zero-order valence-corrected chi connectivity index (χ0v) is 13.8. The van der Waals surface area contributed by atoms with Crippen molar-refractivity contribution in [2.24, 2.45) is 0 Å². The molecule has 0 saturated heterocycles. The van der Waals surface area contributed by atoms with Gasteiger partial charge >= 0.3 is 0 Å². The Morgan fingerprint density at radius 1 is 1.41 bits per heavy atom. The maximum atomic E-state index is 5.13. The molecule has 1 saturated carbocycles. The van der Waals surface area contributed by atoms with Crippen molar-refractivity contribution < 1.29 is 4.74 Å². The molecular weight excluding hydrogens is 276 g/mol. The van der Waals surface area contributed by atoms with Gasteiger partial charge in [0, 0.05) is 50.3 Å². The SMILES string of the molecule is COCCCCn1cc(C(C)NC2CC2)c2ncc(C)nc21. The molecule has 0 aromatic carbocycles. The van der Waals surface area contributed by atoms with Gasteiger partial charge in [0.2, 0.25) is 0 Å². The molecule has 22 heavy (non-hydrogen) atoms. The van der Waals surface area contributed by atoms with E-state index >= 15 is 0 Å². The van der Waals surface area contributed by atoms with E-state index in [-0.39, 0.29) is 0 Å². The average Bonchev–Trinajstić information content (AvgIpc) is 3.24. The maximum absolute atomic E-state index is 5.13. The smallest absolute Gasteiger partial charge is 0.159 e. The molecule has 1 atom stereocenters. The molecule has 1 N–H and O–H groups in total. The number of unbranched alkanes of at least 4 members (excludes halogenated alkanes) is 1. The van der Waals surface area contributed by atoms with Crippen LogP contribution in [0.4, 0.5) is 0 Å². The van der Waals surface area contributed by atoms with E-state index in [9.17, 15) is 0 Å². The first-order valence-electron chi connectivity index (χ1n) is 8.26. The van der Waals surface area contributed by atoms with Crippen LogP contribution in [0, 0.1) is 6.92 Å². The summed E-state index contributed by atoms with van der Waals surface area (Å²) in [6, 6.07) is 1.01. The van der Waals surface area contributed by atoms with Crippen LogP contribution in [0.25, 0.3) is 11.2 Å². The Hall–Kier alpha value is -1.46. The number of aromatic nitrogens is 3. The number of methoxy groups -OCH3 is 1. The topological polar surface area (TPSA) is 52.0 Å². The predicted octanol–water partition coefficient (Wildman–Crippen LogP) is 2.98. The Bertz CT molecular complexity index is 633. The second-order valence-electron chi connectivity index (χ2n) is 6.32. The highest BCUT2D eigenvalue weighted by atomic mass is 16.5. The van der Waals surface area contributed by atoms with E-state index < -0.39 is 0 Å². The minimum atomic E-state index is 0.326.